The molecule has 1 nitrogen and oxygen atoms in total. The van der Waals surface area contributed by atoms with E-state index >= 15 is 0 Å². The Labute approximate surface area is 83.9 Å². The van der Waals surface area contributed by atoms with Crippen molar-refractivity contribution in [3.63, 3.8) is 0 Å². The Hall–Kier alpha value is -0.470. The van der Waals surface area contributed by atoms with Crippen molar-refractivity contribution in [1.82, 2.24) is 4.98 Å². The van der Waals surface area contributed by atoms with Crippen molar-refractivity contribution < 1.29 is 0 Å². The Balaban J connectivity index is 2.74. The standard InChI is InChI=1S/C9H7BrClN/c10-8-2-1-3-9-7(8)4-6(5-11)12-9/h1-4,12H,5H2. The fourth-order valence-corrected chi connectivity index (χ4v) is 1.87. The monoisotopic (exact) mass is 243 g/mol. The fraction of sp³-hybridized carbons (Fsp3) is 0.111. The number of hydrogen-bond donors (Lipinski definition) is 1. The Bertz CT molecular complexity index is 408. The predicted octanol–water partition coefficient (Wildman–Crippen LogP) is 3.67. The first-order valence-electron chi connectivity index (χ1n) is 3.63. The van der Waals surface area contributed by atoms with Crippen molar-refractivity contribution in [3.8, 4) is 0 Å². The van der Waals surface area contributed by atoms with E-state index in [-0.39, 0.29) is 0 Å². The van der Waals surface area contributed by atoms with Crippen LogP contribution < -0.4 is 0 Å². The zero-order valence-electron chi connectivity index (χ0n) is 6.27. The van der Waals surface area contributed by atoms with Gasteiger partial charge in [-0.25, -0.2) is 0 Å². The average Bonchev–Trinajstić information content (AvgIpc) is 2.49. The predicted molar refractivity (Wildman–Crippen MR) is 55.6 cm³/mol. The average molecular weight is 245 g/mol. The second-order valence-corrected chi connectivity index (χ2v) is 3.75. The maximum absolute atomic E-state index is 5.70. The largest absolute Gasteiger partial charge is 0.357 e. The summed E-state index contributed by atoms with van der Waals surface area (Å²) in [5, 5.41) is 1.19. The SMILES string of the molecule is ClCc1cc2c(Br)cccc2[nH]1. The molecule has 0 fully saturated rings. The summed E-state index contributed by atoms with van der Waals surface area (Å²) in [7, 11) is 0. The maximum atomic E-state index is 5.70. The van der Waals surface area contributed by atoms with Crippen molar-refractivity contribution in [3.05, 3.63) is 34.4 Å². The first-order chi connectivity index (χ1) is 5.81. The lowest BCUT2D eigenvalue weighted by atomic mass is 10.2. The molecule has 3 heteroatoms. The van der Waals surface area contributed by atoms with Crippen LogP contribution in [0.3, 0.4) is 0 Å². The highest BCUT2D eigenvalue weighted by Gasteiger charge is 2.01. The van der Waals surface area contributed by atoms with Crippen molar-refractivity contribution in [2.45, 2.75) is 5.88 Å². The van der Waals surface area contributed by atoms with E-state index in [1.54, 1.807) is 0 Å². The number of aromatic amines is 1. The molecular formula is C9H7BrClN. The van der Waals surface area contributed by atoms with Gasteiger partial charge in [-0.15, -0.1) is 11.6 Å². The molecule has 12 heavy (non-hydrogen) atoms. The molecular weight excluding hydrogens is 237 g/mol. The van der Waals surface area contributed by atoms with E-state index in [0.717, 1.165) is 15.7 Å². The summed E-state index contributed by atoms with van der Waals surface area (Å²) in [5.41, 5.74) is 2.18. The molecule has 0 radical (unpaired) electrons. The van der Waals surface area contributed by atoms with E-state index in [1.165, 1.54) is 5.39 Å². The van der Waals surface area contributed by atoms with Gasteiger partial charge < -0.3 is 4.98 Å². The first kappa shape index (κ1) is 8.14. The van der Waals surface area contributed by atoms with E-state index in [2.05, 4.69) is 27.0 Å². The van der Waals surface area contributed by atoms with Gasteiger partial charge in [-0.05, 0) is 18.2 Å². The quantitative estimate of drug-likeness (QED) is 0.737. The van der Waals surface area contributed by atoms with Crippen LogP contribution in [0.2, 0.25) is 0 Å². The maximum Gasteiger partial charge on any atom is 0.0625 e. The molecule has 0 aliphatic rings. The molecule has 2 rings (SSSR count). The molecule has 0 spiro atoms. The number of nitrogens with one attached hydrogen (secondary N) is 1. The summed E-state index contributed by atoms with van der Waals surface area (Å²) in [6.07, 6.45) is 0. The Morgan fingerprint density at radius 1 is 1.42 bits per heavy atom. The van der Waals surface area contributed by atoms with Gasteiger partial charge in [-0.3, -0.25) is 0 Å². The third kappa shape index (κ3) is 1.25. The highest BCUT2D eigenvalue weighted by molar-refractivity contribution is 9.10. The number of rotatable bonds is 1. The number of aromatic nitrogens is 1. The highest BCUT2D eigenvalue weighted by Crippen LogP contribution is 2.24. The molecule has 0 amide bonds. The third-order valence-corrected chi connectivity index (χ3v) is 2.79. The fourth-order valence-electron chi connectivity index (χ4n) is 1.25. The van der Waals surface area contributed by atoms with Gasteiger partial charge in [0.15, 0.2) is 0 Å². The number of halogens is 2. The minimum absolute atomic E-state index is 0.529. The summed E-state index contributed by atoms with van der Waals surface area (Å²) >= 11 is 9.18. The molecule has 0 unspecified atom stereocenters. The molecule has 2 aromatic rings. The second kappa shape index (κ2) is 3.11. The molecule has 0 aliphatic carbocycles. The highest BCUT2D eigenvalue weighted by atomic mass is 79.9. The molecule has 62 valence electrons. The second-order valence-electron chi connectivity index (χ2n) is 2.63. The van der Waals surface area contributed by atoms with E-state index in [4.69, 9.17) is 11.6 Å². The first-order valence-corrected chi connectivity index (χ1v) is 4.96. The van der Waals surface area contributed by atoms with E-state index < -0.39 is 0 Å². The Morgan fingerprint density at radius 3 is 2.92 bits per heavy atom. The summed E-state index contributed by atoms with van der Waals surface area (Å²) in [6.45, 7) is 0. The zero-order valence-corrected chi connectivity index (χ0v) is 8.61. The molecule has 0 atom stereocenters. The summed E-state index contributed by atoms with van der Waals surface area (Å²) in [5.74, 6) is 0.529. The third-order valence-electron chi connectivity index (χ3n) is 1.81. The zero-order chi connectivity index (χ0) is 8.55. The summed E-state index contributed by atoms with van der Waals surface area (Å²) in [4.78, 5) is 3.22. The van der Waals surface area contributed by atoms with Crippen LogP contribution in [-0.2, 0) is 5.88 Å². The van der Waals surface area contributed by atoms with Gasteiger partial charge >= 0.3 is 0 Å². The number of H-pyrrole nitrogens is 1. The minimum Gasteiger partial charge on any atom is -0.357 e. The smallest absolute Gasteiger partial charge is 0.0625 e. The molecule has 1 aromatic carbocycles. The number of alkyl halides is 1. The molecule has 0 saturated carbocycles. The lowest BCUT2D eigenvalue weighted by Crippen LogP contribution is -1.72. The molecule has 1 heterocycles. The molecule has 1 aromatic heterocycles. The van der Waals surface area contributed by atoms with Gasteiger partial charge in [0.2, 0.25) is 0 Å². The van der Waals surface area contributed by atoms with Crippen molar-refractivity contribution >= 4 is 38.4 Å². The van der Waals surface area contributed by atoms with Gasteiger partial charge in [0.1, 0.15) is 0 Å². The van der Waals surface area contributed by atoms with Gasteiger partial charge in [0.25, 0.3) is 0 Å². The van der Waals surface area contributed by atoms with Gasteiger partial charge in [-0.1, -0.05) is 22.0 Å². The van der Waals surface area contributed by atoms with E-state index in [0.29, 0.717) is 5.88 Å². The lowest BCUT2D eigenvalue weighted by molar-refractivity contribution is 1.26. The topological polar surface area (TPSA) is 15.8 Å². The van der Waals surface area contributed by atoms with E-state index in [1.807, 2.05) is 18.2 Å². The summed E-state index contributed by atoms with van der Waals surface area (Å²) in [6, 6.07) is 8.12. The van der Waals surface area contributed by atoms with Crippen molar-refractivity contribution in [2.75, 3.05) is 0 Å². The van der Waals surface area contributed by atoms with Crippen molar-refractivity contribution in [1.29, 1.82) is 0 Å². The lowest BCUT2D eigenvalue weighted by Gasteiger charge is -1.90. The van der Waals surface area contributed by atoms with Crippen LogP contribution in [0, 0.1) is 0 Å². The Kier molecular flexibility index (Phi) is 2.11. The van der Waals surface area contributed by atoms with Gasteiger partial charge in [-0.2, -0.15) is 0 Å². The van der Waals surface area contributed by atoms with Crippen LogP contribution in [0.15, 0.2) is 28.7 Å². The molecule has 0 aliphatic heterocycles. The van der Waals surface area contributed by atoms with Gasteiger partial charge in [0, 0.05) is 21.1 Å². The number of hydrogen-bond acceptors (Lipinski definition) is 0. The minimum atomic E-state index is 0.529. The molecule has 0 saturated heterocycles. The van der Waals surface area contributed by atoms with Crippen LogP contribution in [0.25, 0.3) is 10.9 Å². The molecule has 0 bridgehead atoms. The summed E-state index contributed by atoms with van der Waals surface area (Å²) < 4.78 is 1.10. The van der Waals surface area contributed by atoms with Crippen LogP contribution >= 0.6 is 27.5 Å². The van der Waals surface area contributed by atoms with E-state index in [9.17, 15) is 0 Å². The van der Waals surface area contributed by atoms with Gasteiger partial charge in [0.05, 0.1) is 5.88 Å². The van der Waals surface area contributed by atoms with Crippen LogP contribution in [0.4, 0.5) is 0 Å². The van der Waals surface area contributed by atoms with Crippen LogP contribution in [0.1, 0.15) is 5.69 Å². The van der Waals surface area contributed by atoms with Crippen LogP contribution in [-0.4, -0.2) is 4.98 Å². The number of fused-ring (bicyclic) bond motifs is 1. The van der Waals surface area contributed by atoms with Crippen LogP contribution in [0.5, 0.6) is 0 Å². The number of benzene rings is 1. The van der Waals surface area contributed by atoms with Crippen molar-refractivity contribution in [2.24, 2.45) is 0 Å². The molecule has 1 N–H and O–H groups in total. The Morgan fingerprint density at radius 2 is 2.25 bits per heavy atom. The normalized spacial score (nSPS) is 10.8.